The van der Waals surface area contributed by atoms with Crippen molar-refractivity contribution in [3.05, 3.63) is 46.8 Å². The summed E-state index contributed by atoms with van der Waals surface area (Å²) in [6.45, 7) is 4.98. The van der Waals surface area contributed by atoms with Crippen LogP contribution in [-0.4, -0.2) is 22.6 Å². The molecule has 1 unspecified atom stereocenters. The van der Waals surface area contributed by atoms with Gasteiger partial charge in [-0.15, -0.1) is 0 Å². The molecule has 2 aromatic rings. The number of hydrogen-bond donors (Lipinski definition) is 1. The summed E-state index contributed by atoms with van der Waals surface area (Å²) in [5.74, 6) is 1.15. The number of carbonyl (C=O) groups is 1. The Bertz CT molecular complexity index is 745. The third kappa shape index (κ3) is 2.28. The van der Waals surface area contributed by atoms with Crippen LogP contribution in [-0.2, 0) is 6.42 Å². The summed E-state index contributed by atoms with van der Waals surface area (Å²) in [7, 11) is 0. The van der Waals surface area contributed by atoms with E-state index in [4.69, 9.17) is 0 Å². The fourth-order valence-corrected chi connectivity index (χ4v) is 3.96. The van der Waals surface area contributed by atoms with Crippen LogP contribution in [0.1, 0.15) is 59.4 Å². The fourth-order valence-electron chi connectivity index (χ4n) is 3.96. The van der Waals surface area contributed by atoms with Crippen LogP contribution in [0.2, 0.25) is 0 Å². The Labute approximate surface area is 136 Å². The Balaban J connectivity index is 1.78. The van der Waals surface area contributed by atoms with E-state index in [0.29, 0.717) is 17.5 Å². The summed E-state index contributed by atoms with van der Waals surface area (Å²) in [5.41, 5.74) is 5.16. The molecular weight excluding hydrogens is 286 g/mol. The van der Waals surface area contributed by atoms with Crippen LogP contribution in [0.4, 0.5) is 5.69 Å². The van der Waals surface area contributed by atoms with E-state index in [9.17, 15) is 4.79 Å². The van der Waals surface area contributed by atoms with Crippen molar-refractivity contribution in [3.63, 3.8) is 0 Å². The molecule has 0 radical (unpaired) electrons. The maximum atomic E-state index is 13.0. The predicted octanol–water partition coefficient (Wildman–Crippen LogP) is 3.82. The van der Waals surface area contributed by atoms with E-state index in [1.165, 1.54) is 30.4 Å². The molecule has 2 heterocycles. The van der Waals surface area contributed by atoms with Gasteiger partial charge in [0.15, 0.2) is 5.69 Å². The second-order valence-electron chi connectivity index (χ2n) is 6.87. The van der Waals surface area contributed by atoms with Gasteiger partial charge in [-0.2, -0.15) is 5.10 Å². The van der Waals surface area contributed by atoms with Crippen molar-refractivity contribution in [2.75, 3.05) is 11.4 Å². The maximum absolute atomic E-state index is 13.0. The Hall–Kier alpha value is -2.10. The molecule has 4 heteroatoms. The number of anilines is 1. The maximum Gasteiger partial charge on any atom is 0.279 e. The first-order chi connectivity index (χ1) is 11.2. The van der Waals surface area contributed by atoms with Crippen molar-refractivity contribution in [3.8, 4) is 0 Å². The number of hydrogen-bond acceptors (Lipinski definition) is 2. The summed E-state index contributed by atoms with van der Waals surface area (Å²) in [4.78, 5) is 14.9. The van der Waals surface area contributed by atoms with Gasteiger partial charge in [-0.3, -0.25) is 9.89 Å². The number of aryl methyl sites for hydroxylation is 2. The minimum atomic E-state index is 0.0390. The summed E-state index contributed by atoms with van der Waals surface area (Å²) in [5, 5.41) is 7.50. The lowest BCUT2D eigenvalue weighted by Crippen LogP contribution is -2.43. The molecule has 1 aliphatic heterocycles. The smallest absolute Gasteiger partial charge is 0.279 e. The van der Waals surface area contributed by atoms with Gasteiger partial charge in [-0.05, 0) is 49.8 Å². The standard InChI is InChI=1S/C19H23N3O/c1-3-16-17-15(13-7-5-8-13)11-22(19(23)18(17)21-20-16)14-9-4-6-12(2)10-14/h4,6,9-10,13,15H,3,5,7-8,11H2,1-2H3,(H,20,21). The number of nitrogens with zero attached hydrogens (tertiary/aromatic N) is 2. The lowest BCUT2D eigenvalue weighted by Gasteiger charge is -2.40. The second-order valence-corrected chi connectivity index (χ2v) is 6.87. The molecule has 1 N–H and O–H groups in total. The Morgan fingerprint density at radius 2 is 2.17 bits per heavy atom. The van der Waals surface area contributed by atoms with Crippen LogP contribution >= 0.6 is 0 Å². The Morgan fingerprint density at radius 1 is 1.35 bits per heavy atom. The SMILES string of the molecule is CCc1[nH]nc2c1C(C1CCC1)CN(c1cccc(C)c1)C2=O. The number of amides is 1. The monoisotopic (exact) mass is 309 g/mol. The molecule has 0 bridgehead atoms. The number of H-pyrrole nitrogens is 1. The van der Waals surface area contributed by atoms with Crippen LogP contribution < -0.4 is 4.90 Å². The average Bonchev–Trinajstić information content (AvgIpc) is 2.92. The van der Waals surface area contributed by atoms with Crippen molar-refractivity contribution < 1.29 is 4.79 Å². The van der Waals surface area contributed by atoms with Crippen LogP contribution in [0.25, 0.3) is 0 Å². The van der Waals surface area contributed by atoms with E-state index in [0.717, 1.165) is 24.3 Å². The second kappa shape index (κ2) is 5.52. The van der Waals surface area contributed by atoms with Crippen LogP contribution in [0.15, 0.2) is 24.3 Å². The highest BCUT2D eigenvalue weighted by atomic mass is 16.2. The Kier molecular flexibility index (Phi) is 3.47. The zero-order valence-corrected chi connectivity index (χ0v) is 13.8. The normalized spacial score (nSPS) is 21.2. The van der Waals surface area contributed by atoms with Crippen molar-refractivity contribution >= 4 is 11.6 Å². The highest BCUT2D eigenvalue weighted by Crippen LogP contribution is 2.44. The van der Waals surface area contributed by atoms with Crippen molar-refractivity contribution in [2.45, 2.75) is 45.4 Å². The molecule has 4 nitrogen and oxygen atoms in total. The van der Waals surface area contributed by atoms with Gasteiger partial charge < -0.3 is 4.90 Å². The first-order valence-corrected chi connectivity index (χ1v) is 8.64. The molecule has 1 aromatic carbocycles. The summed E-state index contributed by atoms with van der Waals surface area (Å²) in [6.07, 6.45) is 4.76. The predicted molar refractivity (Wildman–Crippen MR) is 90.9 cm³/mol. The molecule has 4 rings (SSSR count). The molecule has 23 heavy (non-hydrogen) atoms. The lowest BCUT2D eigenvalue weighted by molar-refractivity contribution is 0.0961. The fraction of sp³-hybridized carbons (Fsp3) is 0.474. The third-order valence-corrected chi connectivity index (χ3v) is 5.47. The van der Waals surface area contributed by atoms with E-state index < -0.39 is 0 Å². The van der Waals surface area contributed by atoms with Gasteiger partial charge in [-0.1, -0.05) is 25.5 Å². The molecule has 1 aliphatic carbocycles. The molecule has 2 aliphatic rings. The number of fused-ring (bicyclic) bond motifs is 1. The van der Waals surface area contributed by atoms with Gasteiger partial charge in [0.25, 0.3) is 5.91 Å². The zero-order chi connectivity index (χ0) is 16.0. The summed E-state index contributed by atoms with van der Waals surface area (Å²) in [6, 6.07) is 8.21. The molecule has 0 saturated heterocycles. The van der Waals surface area contributed by atoms with E-state index in [1.54, 1.807) is 0 Å². The van der Waals surface area contributed by atoms with Gasteiger partial charge in [0, 0.05) is 29.4 Å². The minimum absolute atomic E-state index is 0.0390. The third-order valence-electron chi connectivity index (χ3n) is 5.47. The molecule has 1 fully saturated rings. The Morgan fingerprint density at radius 3 is 2.83 bits per heavy atom. The van der Waals surface area contributed by atoms with Gasteiger partial charge in [0.2, 0.25) is 0 Å². The summed E-state index contributed by atoms with van der Waals surface area (Å²) >= 11 is 0. The number of nitrogens with one attached hydrogen (secondary N) is 1. The van der Waals surface area contributed by atoms with E-state index in [-0.39, 0.29) is 5.91 Å². The van der Waals surface area contributed by atoms with E-state index in [2.05, 4.69) is 36.2 Å². The first-order valence-electron chi connectivity index (χ1n) is 8.64. The van der Waals surface area contributed by atoms with Crippen LogP contribution in [0.5, 0.6) is 0 Å². The number of carbonyl (C=O) groups excluding carboxylic acids is 1. The number of aromatic amines is 1. The van der Waals surface area contributed by atoms with Crippen LogP contribution in [0, 0.1) is 12.8 Å². The molecule has 1 amide bonds. The molecule has 1 aromatic heterocycles. The molecule has 1 atom stereocenters. The van der Waals surface area contributed by atoms with Crippen molar-refractivity contribution in [1.29, 1.82) is 0 Å². The van der Waals surface area contributed by atoms with Crippen molar-refractivity contribution in [1.82, 2.24) is 10.2 Å². The number of benzene rings is 1. The molecule has 0 spiro atoms. The molecular formula is C19H23N3O. The lowest BCUT2D eigenvalue weighted by atomic mass is 9.71. The first kappa shape index (κ1) is 14.5. The topological polar surface area (TPSA) is 49.0 Å². The van der Waals surface area contributed by atoms with Crippen molar-refractivity contribution in [2.24, 2.45) is 5.92 Å². The van der Waals surface area contributed by atoms with Gasteiger partial charge in [0.05, 0.1) is 0 Å². The van der Waals surface area contributed by atoms with E-state index >= 15 is 0 Å². The molecule has 1 saturated carbocycles. The largest absolute Gasteiger partial charge is 0.306 e. The van der Waals surface area contributed by atoms with E-state index in [1.807, 2.05) is 17.0 Å². The number of rotatable bonds is 3. The van der Waals surface area contributed by atoms with Gasteiger partial charge >= 0.3 is 0 Å². The number of aromatic nitrogens is 2. The molecule has 120 valence electrons. The van der Waals surface area contributed by atoms with Gasteiger partial charge in [-0.25, -0.2) is 0 Å². The highest BCUT2D eigenvalue weighted by molar-refractivity contribution is 6.07. The van der Waals surface area contributed by atoms with Crippen LogP contribution in [0.3, 0.4) is 0 Å². The summed E-state index contributed by atoms with van der Waals surface area (Å²) < 4.78 is 0. The minimum Gasteiger partial charge on any atom is -0.306 e. The van der Waals surface area contributed by atoms with Gasteiger partial charge in [0.1, 0.15) is 0 Å². The highest BCUT2D eigenvalue weighted by Gasteiger charge is 2.41. The quantitative estimate of drug-likeness (QED) is 0.937. The average molecular weight is 309 g/mol. The zero-order valence-electron chi connectivity index (χ0n) is 13.8.